The molecule has 2 unspecified atom stereocenters. The van der Waals surface area contributed by atoms with Crippen LogP contribution >= 0.6 is 23.4 Å². The Morgan fingerprint density at radius 3 is 2.64 bits per heavy atom. The van der Waals surface area contributed by atoms with E-state index in [0.29, 0.717) is 36.7 Å². The van der Waals surface area contributed by atoms with E-state index < -0.39 is 5.97 Å². The Labute approximate surface area is 139 Å². The van der Waals surface area contributed by atoms with E-state index in [4.69, 9.17) is 16.7 Å². The summed E-state index contributed by atoms with van der Waals surface area (Å²) in [5.74, 6) is -0.241. The lowest BCUT2D eigenvalue weighted by Crippen LogP contribution is -2.45. The number of rotatable bonds is 5. The lowest BCUT2D eigenvalue weighted by Gasteiger charge is -2.35. The quantitative estimate of drug-likeness (QED) is 0.834. The van der Waals surface area contributed by atoms with E-state index >= 15 is 0 Å². The molecule has 0 radical (unpaired) electrons. The number of carboxylic acids is 1. The molecule has 1 N–H and O–H groups in total. The van der Waals surface area contributed by atoms with Crippen molar-refractivity contribution < 1.29 is 14.7 Å². The van der Waals surface area contributed by atoms with Crippen LogP contribution in [-0.4, -0.2) is 40.7 Å². The highest BCUT2D eigenvalue weighted by Crippen LogP contribution is 2.25. The van der Waals surface area contributed by atoms with Crippen molar-refractivity contribution in [3.63, 3.8) is 0 Å². The maximum atomic E-state index is 12.2. The van der Waals surface area contributed by atoms with Crippen LogP contribution in [0.3, 0.4) is 0 Å². The number of carboxylic acid groups (broad SMARTS) is 1. The van der Waals surface area contributed by atoms with E-state index in [-0.39, 0.29) is 17.7 Å². The fourth-order valence-corrected chi connectivity index (χ4v) is 3.65. The Morgan fingerprint density at radius 1 is 1.36 bits per heavy atom. The lowest BCUT2D eigenvalue weighted by atomic mass is 9.87. The van der Waals surface area contributed by atoms with E-state index in [0.717, 1.165) is 4.90 Å². The summed E-state index contributed by atoms with van der Waals surface area (Å²) in [4.78, 5) is 26.2. The monoisotopic (exact) mass is 341 g/mol. The van der Waals surface area contributed by atoms with Crippen LogP contribution in [0.1, 0.15) is 19.8 Å². The zero-order chi connectivity index (χ0) is 16.1. The van der Waals surface area contributed by atoms with E-state index in [1.165, 1.54) is 0 Å². The standard InChI is InChI=1S/C16H20ClNO3S/c1-11-10-18(8-6-14(11)16(20)21)15(19)7-9-22-13-4-2-12(17)3-5-13/h2-5,11,14H,6-10H2,1H3,(H,20,21). The van der Waals surface area contributed by atoms with Crippen LogP contribution in [0.2, 0.25) is 5.02 Å². The molecule has 120 valence electrons. The first-order chi connectivity index (χ1) is 10.5. The number of carbonyl (C=O) groups is 2. The summed E-state index contributed by atoms with van der Waals surface area (Å²) in [6, 6.07) is 7.56. The fraction of sp³-hybridized carbons (Fsp3) is 0.500. The van der Waals surface area contributed by atoms with Gasteiger partial charge < -0.3 is 10.0 Å². The van der Waals surface area contributed by atoms with Gasteiger partial charge in [0.1, 0.15) is 0 Å². The first-order valence-electron chi connectivity index (χ1n) is 7.36. The minimum Gasteiger partial charge on any atom is -0.481 e. The van der Waals surface area contributed by atoms with E-state index in [1.807, 2.05) is 31.2 Å². The number of carbonyl (C=O) groups excluding carboxylic acids is 1. The predicted molar refractivity (Wildman–Crippen MR) is 88.3 cm³/mol. The van der Waals surface area contributed by atoms with E-state index in [1.54, 1.807) is 16.7 Å². The SMILES string of the molecule is CC1CN(C(=O)CCSc2ccc(Cl)cc2)CCC1C(=O)O. The first-order valence-corrected chi connectivity index (χ1v) is 8.72. The van der Waals surface area contributed by atoms with Gasteiger partial charge in [-0.3, -0.25) is 9.59 Å². The fourth-order valence-electron chi connectivity index (χ4n) is 2.68. The Kier molecular flexibility index (Phi) is 6.15. The molecule has 1 aromatic carbocycles. The largest absolute Gasteiger partial charge is 0.481 e. The molecule has 1 saturated heterocycles. The van der Waals surface area contributed by atoms with Gasteiger partial charge in [0, 0.05) is 35.2 Å². The van der Waals surface area contributed by atoms with Gasteiger partial charge in [0.15, 0.2) is 0 Å². The Hall–Kier alpha value is -1.20. The van der Waals surface area contributed by atoms with Gasteiger partial charge in [0.25, 0.3) is 0 Å². The van der Waals surface area contributed by atoms with Crippen LogP contribution < -0.4 is 0 Å². The number of nitrogens with zero attached hydrogens (tertiary/aromatic N) is 1. The summed E-state index contributed by atoms with van der Waals surface area (Å²) < 4.78 is 0. The molecular formula is C16H20ClNO3S. The molecule has 0 aliphatic carbocycles. The average molecular weight is 342 g/mol. The minimum atomic E-state index is -0.752. The summed E-state index contributed by atoms with van der Waals surface area (Å²) in [5.41, 5.74) is 0. The molecule has 1 aromatic rings. The topological polar surface area (TPSA) is 57.6 Å². The average Bonchev–Trinajstić information content (AvgIpc) is 2.48. The Bertz CT molecular complexity index is 535. The minimum absolute atomic E-state index is 0.0131. The molecule has 1 aliphatic rings. The van der Waals surface area contributed by atoms with Gasteiger partial charge in [0.2, 0.25) is 5.91 Å². The van der Waals surface area contributed by atoms with Gasteiger partial charge in [-0.05, 0) is 36.6 Å². The molecule has 22 heavy (non-hydrogen) atoms. The van der Waals surface area contributed by atoms with Gasteiger partial charge in [-0.1, -0.05) is 18.5 Å². The normalized spacial score (nSPS) is 21.6. The third-order valence-corrected chi connectivity index (χ3v) is 5.24. The van der Waals surface area contributed by atoms with Crippen LogP contribution in [0.4, 0.5) is 0 Å². The number of thioether (sulfide) groups is 1. The number of amides is 1. The molecule has 1 fully saturated rings. The molecule has 0 aromatic heterocycles. The number of piperidine rings is 1. The number of hydrogen-bond acceptors (Lipinski definition) is 3. The van der Waals surface area contributed by atoms with Gasteiger partial charge >= 0.3 is 5.97 Å². The summed E-state index contributed by atoms with van der Waals surface area (Å²) in [6.07, 6.45) is 1.02. The predicted octanol–water partition coefficient (Wildman–Crippen LogP) is 3.39. The molecule has 2 rings (SSSR count). The summed E-state index contributed by atoms with van der Waals surface area (Å²) in [5, 5.41) is 9.81. The summed E-state index contributed by atoms with van der Waals surface area (Å²) in [6.45, 7) is 2.99. The smallest absolute Gasteiger partial charge is 0.306 e. The second kappa shape index (κ2) is 7.88. The zero-order valence-electron chi connectivity index (χ0n) is 12.5. The van der Waals surface area contributed by atoms with Crippen molar-refractivity contribution in [2.75, 3.05) is 18.8 Å². The van der Waals surface area contributed by atoms with Crippen molar-refractivity contribution in [3.05, 3.63) is 29.3 Å². The highest BCUT2D eigenvalue weighted by molar-refractivity contribution is 7.99. The highest BCUT2D eigenvalue weighted by Gasteiger charge is 2.32. The lowest BCUT2D eigenvalue weighted by molar-refractivity contribution is -0.148. The van der Waals surface area contributed by atoms with Crippen LogP contribution in [0.5, 0.6) is 0 Å². The molecule has 1 heterocycles. The van der Waals surface area contributed by atoms with Gasteiger partial charge in [0.05, 0.1) is 5.92 Å². The molecule has 1 amide bonds. The summed E-state index contributed by atoms with van der Waals surface area (Å²) in [7, 11) is 0. The maximum absolute atomic E-state index is 12.2. The zero-order valence-corrected chi connectivity index (χ0v) is 14.1. The summed E-state index contributed by atoms with van der Waals surface area (Å²) >= 11 is 7.46. The number of aliphatic carboxylic acids is 1. The van der Waals surface area contributed by atoms with Gasteiger partial charge in [-0.15, -0.1) is 11.8 Å². The Balaban J connectivity index is 1.76. The number of hydrogen-bond donors (Lipinski definition) is 1. The molecule has 0 bridgehead atoms. The third kappa shape index (κ3) is 4.65. The highest BCUT2D eigenvalue weighted by atomic mass is 35.5. The second-order valence-corrected chi connectivity index (χ2v) is 7.21. The van der Waals surface area contributed by atoms with Crippen LogP contribution in [0, 0.1) is 11.8 Å². The van der Waals surface area contributed by atoms with Crippen molar-refractivity contribution in [3.8, 4) is 0 Å². The van der Waals surface area contributed by atoms with Crippen molar-refractivity contribution >= 4 is 35.2 Å². The van der Waals surface area contributed by atoms with E-state index in [9.17, 15) is 9.59 Å². The van der Waals surface area contributed by atoms with Crippen molar-refractivity contribution in [2.45, 2.75) is 24.7 Å². The van der Waals surface area contributed by atoms with Crippen molar-refractivity contribution in [2.24, 2.45) is 11.8 Å². The molecule has 2 atom stereocenters. The molecule has 0 saturated carbocycles. The molecular weight excluding hydrogens is 322 g/mol. The molecule has 0 spiro atoms. The second-order valence-electron chi connectivity index (χ2n) is 5.60. The Morgan fingerprint density at radius 2 is 2.05 bits per heavy atom. The van der Waals surface area contributed by atoms with Gasteiger partial charge in [-0.2, -0.15) is 0 Å². The number of likely N-dealkylation sites (tertiary alicyclic amines) is 1. The maximum Gasteiger partial charge on any atom is 0.306 e. The molecule has 1 aliphatic heterocycles. The van der Waals surface area contributed by atoms with Crippen molar-refractivity contribution in [1.29, 1.82) is 0 Å². The van der Waals surface area contributed by atoms with Crippen LogP contribution in [-0.2, 0) is 9.59 Å². The van der Waals surface area contributed by atoms with Crippen LogP contribution in [0.15, 0.2) is 29.2 Å². The van der Waals surface area contributed by atoms with E-state index in [2.05, 4.69) is 0 Å². The van der Waals surface area contributed by atoms with Gasteiger partial charge in [-0.25, -0.2) is 0 Å². The number of halogens is 1. The first kappa shape index (κ1) is 17.2. The number of benzene rings is 1. The van der Waals surface area contributed by atoms with Crippen molar-refractivity contribution in [1.82, 2.24) is 4.90 Å². The third-order valence-electron chi connectivity index (χ3n) is 3.97. The molecule has 4 nitrogen and oxygen atoms in total. The van der Waals surface area contributed by atoms with Crippen LogP contribution in [0.25, 0.3) is 0 Å². The molecule has 6 heteroatoms.